The molecule has 1 fully saturated rings. The number of aliphatic hydroxyl groups is 1. The number of nitrogens with one attached hydrogen (secondary N) is 1. The lowest BCUT2D eigenvalue weighted by atomic mass is 9.82. The van der Waals surface area contributed by atoms with Crippen LogP contribution in [0.25, 0.3) is 0 Å². The molecular formula is C12H25NO2. The molecule has 0 heterocycles. The number of hydrogen-bond acceptors (Lipinski definition) is 3. The fraction of sp³-hybridized carbons (Fsp3) is 1.00. The summed E-state index contributed by atoms with van der Waals surface area (Å²) in [7, 11) is 0. The number of aliphatic hydroxyl groups excluding tert-OH is 1. The Morgan fingerprint density at radius 1 is 1.47 bits per heavy atom. The zero-order valence-corrected chi connectivity index (χ0v) is 10.0. The van der Waals surface area contributed by atoms with E-state index in [4.69, 9.17) is 4.74 Å². The zero-order chi connectivity index (χ0) is 11.1. The normalized spacial score (nSPS) is 27.4. The van der Waals surface area contributed by atoms with Crippen molar-refractivity contribution < 1.29 is 9.84 Å². The first-order valence-corrected chi connectivity index (χ1v) is 6.21. The van der Waals surface area contributed by atoms with Crippen LogP contribution in [0.2, 0.25) is 0 Å². The monoisotopic (exact) mass is 215 g/mol. The lowest BCUT2D eigenvalue weighted by Gasteiger charge is -2.34. The van der Waals surface area contributed by atoms with Crippen LogP contribution in [0.15, 0.2) is 0 Å². The number of hydrogen-bond donors (Lipinski definition) is 2. The third-order valence-electron chi connectivity index (χ3n) is 2.97. The fourth-order valence-corrected chi connectivity index (χ4v) is 1.90. The Bertz CT molecular complexity index is 158. The maximum Gasteiger partial charge on any atom is 0.0897 e. The van der Waals surface area contributed by atoms with Gasteiger partial charge in [-0.15, -0.1) is 0 Å². The minimum Gasteiger partial charge on any atom is -0.389 e. The van der Waals surface area contributed by atoms with Gasteiger partial charge >= 0.3 is 0 Å². The molecule has 0 aromatic heterocycles. The SMILES string of the molecule is CCCCOCC(O)CNC1CC(C)C1. The van der Waals surface area contributed by atoms with Crippen molar-refractivity contribution in [3.63, 3.8) is 0 Å². The third kappa shape index (κ3) is 5.50. The molecule has 3 nitrogen and oxygen atoms in total. The van der Waals surface area contributed by atoms with Gasteiger partial charge in [0.1, 0.15) is 0 Å². The van der Waals surface area contributed by atoms with E-state index < -0.39 is 0 Å². The van der Waals surface area contributed by atoms with Crippen molar-refractivity contribution >= 4 is 0 Å². The molecule has 1 aliphatic carbocycles. The highest BCUT2D eigenvalue weighted by molar-refractivity contribution is 4.82. The summed E-state index contributed by atoms with van der Waals surface area (Å²) in [5.41, 5.74) is 0. The summed E-state index contributed by atoms with van der Waals surface area (Å²) in [6, 6.07) is 0.630. The Hall–Kier alpha value is -0.120. The van der Waals surface area contributed by atoms with Crippen molar-refractivity contribution in [3.8, 4) is 0 Å². The van der Waals surface area contributed by atoms with E-state index in [9.17, 15) is 5.11 Å². The van der Waals surface area contributed by atoms with Gasteiger partial charge in [-0.05, 0) is 25.2 Å². The molecule has 0 bridgehead atoms. The summed E-state index contributed by atoms with van der Waals surface area (Å²) in [6.45, 7) is 6.31. The molecule has 0 aliphatic heterocycles. The molecule has 3 heteroatoms. The van der Waals surface area contributed by atoms with E-state index in [-0.39, 0.29) is 6.10 Å². The van der Waals surface area contributed by atoms with Crippen LogP contribution in [-0.2, 0) is 4.74 Å². The molecule has 90 valence electrons. The summed E-state index contributed by atoms with van der Waals surface area (Å²) < 4.78 is 5.35. The molecule has 0 saturated heterocycles. The van der Waals surface area contributed by atoms with E-state index >= 15 is 0 Å². The molecule has 1 aliphatic rings. The smallest absolute Gasteiger partial charge is 0.0897 e. The van der Waals surface area contributed by atoms with Gasteiger partial charge in [0.2, 0.25) is 0 Å². The quantitative estimate of drug-likeness (QED) is 0.604. The molecule has 15 heavy (non-hydrogen) atoms. The Morgan fingerprint density at radius 3 is 2.80 bits per heavy atom. The summed E-state index contributed by atoms with van der Waals surface area (Å²) in [4.78, 5) is 0. The summed E-state index contributed by atoms with van der Waals surface area (Å²) in [5, 5.41) is 13.0. The summed E-state index contributed by atoms with van der Waals surface area (Å²) >= 11 is 0. The van der Waals surface area contributed by atoms with Crippen LogP contribution in [0.3, 0.4) is 0 Å². The van der Waals surface area contributed by atoms with Crippen molar-refractivity contribution in [2.45, 2.75) is 51.7 Å². The lowest BCUT2D eigenvalue weighted by Crippen LogP contribution is -2.44. The Balaban J connectivity index is 1.87. The number of ether oxygens (including phenoxy) is 1. The summed E-state index contributed by atoms with van der Waals surface area (Å²) in [6.07, 6.45) is 4.39. The van der Waals surface area contributed by atoms with Gasteiger partial charge in [0, 0.05) is 19.2 Å². The second-order valence-electron chi connectivity index (χ2n) is 4.76. The first-order chi connectivity index (χ1) is 7.22. The van der Waals surface area contributed by atoms with Crippen LogP contribution in [0.5, 0.6) is 0 Å². The molecular weight excluding hydrogens is 190 g/mol. The number of rotatable bonds is 8. The Morgan fingerprint density at radius 2 is 2.20 bits per heavy atom. The Labute approximate surface area is 93.2 Å². The van der Waals surface area contributed by atoms with Crippen molar-refractivity contribution in [1.29, 1.82) is 0 Å². The van der Waals surface area contributed by atoms with Crippen molar-refractivity contribution in [2.24, 2.45) is 5.92 Å². The summed E-state index contributed by atoms with van der Waals surface area (Å²) in [5.74, 6) is 0.862. The molecule has 2 N–H and O–H groups in total. The molecule has 1 saturated carbocycles. The highest BCUT2D eigenvalue weighted by Gasteiger charge is 2.24. The van der Waals surface area contributed by atoms with Gasteiger partial charge in [-0.1, -0.05) is 20.3 Å². The maximum atomic E-state index is 9.60. The van der Waals surface area contributed by atoms with E-state index in [1.165, 1.54) is 12.8 Å². The second kappa shape index (κ2) is 7.20. The predicted octanol–water partition coefficient (Wildman–Crippen LogP) is 1.55. The molecule has 0 aromatic carbocycles. The van der Waals surface area contributed by atoms with Crippen LogP contribution >= 0.6 is 0 Å². The van der Waals surface area contributed by atoms with Gasteiger partial charge in [0.05, 0.1) is 12.7 Å². The highest BCUT2D eigenvalue weighted by atomic mass is 16.5. The largest absolute Gasteiger partial charge is 0.389 e. The topological polar surface area (TPSA) is 41.5 Å². The molecule has 0 amide bonds. The molecule has 0 spiro atoms. The minimum absolute atomic E-state index is 0.349. The Kier molecular flexibility index (Phi) is 6.22. The molecule has 0 radical (unpaired) electrons. The van der Waals surface area contributed by atoms with Gasteiger partial charge < -0.3 is 15.2 Å². The average Bonchev–Trinajstić information content (AvgIpc) is 2.18. The molecule has 0 aromatic rings. The van der Waals surface area contributed by atoms with E-state index in [0.717, 1.165) is 25.4 Å². The molecule has 1 unspecified atom stereocenters. The lowest BCUT2D eigenvalue weighted by molar-refractivity contribution is 0.0318. The first-order valence-electron chi connectivity index (χ1n) is 6.21. The van der Waals surface area contributed by atoms with Gasteiger partial charge in [0.15, 0.2) is 0 Å². The van der Waals surface area contributed by atoms with Crippen LogP contribution < -0.4 is 5.32 Å². The van der Waals surface area contributed by atoms with Crippen molar-refractivity contribution in [1.82, 2.24) is 5.32 Å². The molecule has 1 rings (SSSR count). The van der Waals surface area contributed by atoms with Crippen molar-refractivity contribution in [3.05, 3.63) is 0 Å². The van der Waals surface area contributed by atoms with Gasteiger partial charge in [-0.25, -0.2) is 0 Å². The predicted molar refractivity (Wildman–Crippen MR) is 61.9 cm³/mol. The maximum absolute atomic E-state index is 9.60. The second-order valence-corrected chi connectivity index (χ2v) is 4.76. The van der Waals surface area contributed by atoms with Gasteiger partial charge in [0.25, 0.3) is 0 Å². The highest BCUT2D eigenvalue weighted by Crippen LogP contribution is 2.25. The molecule has 1 atom stereocenters. The minimum atomic E-state index is -0.349. The van der Waals surface area contributed by atoms with Crippen LogP contribution in [0.1, 0.15) is 39.5 Å². The van der Waals surface area contributed by atoms with Crippen LogP contribution in [0, 0.1) is 5.92 Å². The van der Waals surface area contributed by atoms with Gasteiger partial charge in [-0.3, -0.25) is 0 Å². The van der Waals surface area contributed by atoms with E-state index in [1.54, 1.807) is 0 Å². The van der Waals surface area contributed by atoms with E-state index in [0.29, 0.717) is 19.2 Å². The van der Waals surface area contributed by atoms with Gasteiger partial charge in [-0.2, -0.15) is 0 Å². The first kappa shape index (κ1) is 12.9. The standard InChI is InChI=1S/C12H25NO2/c1-3-4-5-15-9-12(14)8-13-11-6-10(2)7-11/h10-14H,3-9H2,1-2H3. The van der Waals surface area contributed by atoms with Crippen molar-refractivity contribution in [2.75, 3.05) is 19.8 Å². The fourth-order valence-electron chi connectivity index (χ4n) is 1.90. The number of unbranched alkanes of at least 4 members (excludes halogenated alkanes) is 1. The average molecular weight is 215 g/mol. The van der Waals surface area contributed by atoms with Crippen LogP contribution in [-0.4, -0.2) is 37.0 Å². The van der Waals surface area contributed by atoms with Crippen LogP contribution in [0.4, 0.5) is 0 Å². The van der Waals surface area contributed by atoms with E-state index in [1.807, 2.05) is 0 Å². The zero-order valence-electron chi connectivity index (χ0n) is 10.0. The third-order valence-corrected chi connectivity index (χ3v) is 2.97. The van der Waals surface area contributed by atoms with E-state index in [2.05, 4.69) is 19.2 Å².